The van der Waals surface area contributed by atoms with Gasteiger partial charge >= 0.3 is 0 Å². The molecule has 1 N–H and O–H groups in total. The molecule has 2 aromatic rings. The molecule has 9 heteroatoms. The van der Waals surface area contributed by atoms with Crippen LogP contribution in [0.2, 0.25) is 0 Å². The van der Waals surface area contributed by atoms with Crippen molar-refractivity contribution >= 4 is 26.7 Å². The number of aromatic nitrogens is 2. The van der Waals surface area contributed by atoms with Crippen molar-refractivity contribution in [1.82, 2.24) is 14.3 Å². The van der Waals surface area contributed by atoms with E-state index in [0.717, 1.165) is 42.4 Å². The number of anilines is 1. The van der Waals surface area contributed by atoms with Gasteiger partial charge < -0.3 is 4.74 Å². The van der Waals surface area contributed by atoms with Crippen molar-refractivity contribution in [2.75, 3.05) is 17.9 Å². The molecule has 5 rings (SSSR count). The molecule has 1 fully saturated rings. The summed E-state index contributed by atoms with van der Waals surface area (Å²) in [6.45, 7) is 1.55. The summed E-state index contributed by atoms with van der Waals surface area (Å²) in [6.07, 6.45) is 14.7. The molecule has 3 aliphatic rings. The molecule has 31 heavy (non-hydrogen) atoms. The van der Waals surface area contributed by atoms with Gasteiger partial charge in [0.15, 0.2) is 0 Å². The summed E-state index contributed by atoms with van der Waals surface area (Å²) in [6, 6.07) is 6.08. The zero-order valence-corrected chi connectivity index (χ0v) is 19.1. The van der Waals surface area contributed by atoms with Crippen LogP contribution in [-0.4, -0.2) is 41.9 Å². The van der Waals surface area contributed by atoms with E-state index in [0.29, 0.717) is 18.4 Å². The van der Waals surface area contributed by atoms with Gasteiger partial charge in [-0.25, -0.2) is 13.4 Å². The Kier molecular flexibility index (Phi) is 5.99. The molecule has 0 spiro atoms. The number of ether oxygens (including phenoxy) is 1. The Bertz CT molecular complexity index is 1030. The lowest BCUT2D eigenvalue weighted by atomic mass is 9.80. The minimum atomic E-state index is -3.73. The zero-order valence-electron chi connectivity index (χ0n) is 17.4. The van der Waals surface area contributed by atoms with Gasteiger partial charge in [-0.1, -0.05) is 37.5 Å². The molecular formula is C22H28N4O3S2. The van der Waals surface area contributed by atoms with Gasteiger partial charge in [0.2, 0.25) is 5.13 Å². The molecule has 0 bridgehead atoms. The first kappa shape index (κ1) is 20.9. The number of sulfonamides is 1. The van der Waals surface area contributed by atoms with Crippen LogP contribution in [0.3, 0.4) is 0 Å². The number of hydrogen-bond acceptors (Lipinski definition) is 7. The van der Waals surface area contributed by atoms with E-state index >= 15 is 0 Å². The van der Waals surface area contributed by atoms with Crippen molar-refractivity contribution < 1.29 is 13.2 Å². The fourth-order valence-corrected chi connectivity index (χ4v) is 6.97. The van der Waals surface area contributed by atoms with Gasteiger partial charge in [0, 0.05) is 48.2 Å². The topological polar surface area (TPSA) is 84.4 Å². The Balaban J connectivity index is 1.41. The third kappa shape index (κ3) is 4.36. The van der Waals surface area contributed by atoms with Crippen LogP contribution in [0.15, 0.2) is 41.6 Å². The molecule has 1 aromatic carbocycles. The van der Waals surface area contributed by atoms with Crippen LogP contribution in [0.1, 0.15) is 56.6 Å². The molecular weight excluding hydrogens is 432 g/mol. The van der Waals surface area contributed by atoms with Crippen LogP contribution >= 0.6 is 11.5 Å². The van der Waals surface area contributed by atoms with Gasteiger partial charge in [-0.2, -0.15) is 4.37 Å². The van der Waals surface area contributed by atoms with Gasteiger partial charge in [0.1, 0.15) is 12.1 Å². The smallest absolute Gasteiger partial charge is 0.263 e. The SMILES string of the molecule is O=S(=O)(Nc1ncns1)c1ccc2c(c1)OCCC2N1CC=CC[C@H]1C1CCCCC1. The van der Waals surface area contributed by atoms with Gasteiger partial charge in [-0.05, 0) is 31.2 Å². The van der Waals surface area contributed by atoms with Gasteiger partial charge in [-0.15, -0.1) is 0 Å². The largest absolute Gasteiger partial charge is 0.493 e. The average Bonchev–Trinajstić information content (AvgIpc) is 3.31. The monoisotopic (exact) mass is 460 g/mol. The van der Waals surface area contributed by atoms with E-state index in [1.807, 2.05) is 6.07 Å². The van der Waals surface area contributed by atoms with Crippen LogP contribution in [0.25, 0.3) is 0 Å². The molecule has 1 unspecified atom stereocenters. The number of rotatable bonds is 5. The molecule has 0 saturated heterocycles. The molecule has 1 aliphatic carbocycles. The van der Waals surface area contributed by atoms with Crippen molar-refractivity contribution in [3.05, 3.63) is 42.2 Å². The van der Waals surface area contributed by atoms with Crippen molar-refractivity contribution in [2.45, 2.75) is 61.9 Å². The lowest BCUT2D eigenvalue weighted by Crippen LogP contribution is -2.46. The highest BCUT2D eigenvalue weighted by molar-refractivity contribution is 7.93. The van der Waals surface area contributed by atoms with Gasteiger partial charge in [0.05, 0.1) is 11.5 Å². The second-order valence-electron chi connectivity index (χ2n) is 8.57. The molecule has 2 aliphatic heterocycles. The van der Waals surface area contributed by atoms with E-state index in [1.165, 1.54) is 38.4 Å². The number of fused-ring (bicyclic) bond motifs is 1. The van der Waals surface area contributed by atoms with E-state index in [4.69, 9.17) is 4.74 Å². The number of benzene rings is 1. The Hall–Kier alpha value is -1.97. The summed E-state index contributed by atoms with van der Waals surface area (Å²) in [5.74, 6) is 1.43. The minimum absolute atomic E-state index is 0.185. The second kappa shape index (κ2) is 8.88. The van der Waals surface area contributed by atoms with Crippen molar-refractivity contribution in [1.29, 1.82) is 0 Å². The average molecular weight is 461 g/mol. The highest BCUT2D eigenvalue weighted by Crippen LogP contribution is 2.42. The molecule has 7 nitrogen and oxygen atoms in total. The van der Waals surface area contributed by atoms with Crippen molar-refractivity contribution in [3.8, 4) is 5.75 Å². The minimum Gasteiger partial charge on any atom is -0.493 e. The first-order valence-corrected chi connectivity index (χ1v) is 13.3. The Morgan fingerprint density at radius 1 is 1.13 bits per heavy atom. The fourth-order valence-electron chi connectivity index (χ4n) is 5.30. The lowest BCUT2D eigenvalue weighted by molar-refractivity contribution is 0.0588. The number of nitrogens with one attached hydrogen (secondary N) is 1. The van der Waals surface area contributed by atoms with Crippen LogP contribution < -0.4 is 9.46 Å². The standard InChI is InChI=1S/C22H28N4O3S2/c27-31(28,25-22-23-15-24-30-22)17-9-10-18-20(11-13-29-21(18)14-17)26-12-5-4-8-19(26)16-6-2-1-3-7-16/h4-5,9-10,14-16,19-20H,1-3,6-8,11-13H2,(H,23,24,25)/t19-,20?/m0/s1. The van der Waals surface area contributed by atoms with Crippen LogP contribution in [0.5, 0.6) is 5.75 Å². The number of nitrogens with zero attached hydrogens (tertiary/aromatic N) is 3. The quantitative estimate of drug-likeness (QED) is 0.667. The molecule has 1 aromatic heterocycles. The predicted octanol–water partition coefficient (Wildman–Crippen LogP) is 4.37. The predicted molar refractivity (Wildman–Crippen MR) is 121 cm³/mol. The fraction of sp³-hybridized carbons (Fsp3) is 0.545. The molecule has 1 saturated carbocycles. The van der Waals surface area contributed by atoms with Crippen LogP contribution in [0.4, 0.5) is 5.13 Å². The van der Waals surface area contributed by atoms with E-state index < -0.39 is 10.0 Å². The third-order valence-corrected chi connectivity index (χ3v) is 8.81. The molecule has 2 atom stereocenters. The summed E-state index contributed by atoms with van der Waals surface area (Å²) < 4.78 is 37.8. The highest BCUT2D eigenvalue weighted by atomic mass is 32.2. The summed E-state index contributed by atoms with van der Waals surface area (Å²) in [4.78, 5) is 6.74. The van der Waals surface area contributed by atoms with Crippen LogP contribution in [-0.2, 0) is 10.0 Å². The Morgan fingerprint density at radius 3 is 2.81 bits per heavy atom. The van der Waals surface area contributed by atoms with Crippen molar-refractivity contribution in [3.63, 3.8) is 0 Å². The van der Waals surface area contributed by atoms with E-state index in [2.05, 4.69) is 31.1 Å². The van der Waals surface area contributed by atoms with E-state index in [1.54, 1.807) is 12.1 Å². The van der Waals surface area contributed by atoms with Crippen LogP contribution in [0, 0.1) is 5.92 Å². The maximum absolute atomic E-state index is 12.8. The maximum atomic E-state index is 12.8. The molecule has 3 heterocycles. The lowest BCUT2D eigenvalue weighted by Gasteiger charge is -2.45. The summed E-state index contributed by atoms with van der Waals surface area (Å²) in [5, 5.41) is 0.256. The molecule has 0 radical (unpaired) electrons. The first-order chi connectivity index (χ1) is 15.1. The van der Waals surface area contributed by atoms with E-state index in [9.17, 15) is 8.42 Å². The normalized spacial score (nSPS) is 25.0. The summed E-state index contributed by atoms with van der Waals surface area (Å²) >= 11 is 1.01. The molecule has 0 amide bonds. The highest BCUT2D eigenvalue weighted by Gasteiger charge is 2.36. The van der Waals surface area contributed by atoms with E-state index in [-0.39, 0.29) is 16.1 Å². The Morgan fingerprint density at radius 2 is 2.00 bits per heavy atom. The van der Waals surface area contributed by atoms with Crippen molar-refractivity contribution in [2.24, 2.45) is 5.92 Å². The molecule has 166 valence electrons. The second-order valence-corrected chi connectivity index (χ2v) is 11.0. The summed E-state index contributed by atoms with van der Waals surface area (Å²) in [5.41, 5.74) is 1.09. The van der Waals surface area contributed by atoms with Gasteiger partial charge in [-0.3, -0.25) is 9.62 Å². The first-order valence-electron chi connectivity index (χ1n) is 11.1. The zero-order chi connectivity index (χ0) is 21.3. The maximum Gasteiger partial charge on any atom is 0.263 e. The number of hydrogen-bond donors (Lipinski definition) is 1. The summed E-state index contributed by atoms with van der Waals surface area (Å²) in [7, 11) is -3.73. The third-order valence-electron chi connectivity index (χ3n) is 6.77. The Labute approximate surface area is 187 Å². The van der Waals surface area contributed by atoms with Gasteiger partial charge in [0.25, 0.3) is 10.0 Å².